The summed E-state index contributed by atoms with van der Waals surface area (Å²) in [5.74, 6) is 0.541. The summed E-state index contributed by atoms with van der Waals surface area (Å²) in [5, 5.41) is 9.29. The van der Waals surface area contributed by atoms with E-state index in [1.54, 1.807) is 0 Å². The molecule has 1 aromatic carbocycles. The van der Waals surface area contributed by atoms with Gasteiger partial charge in [0.2, 0.25) is 0 Å². The predicted octanol–water partition coefficient (Wildman–Crippen LogP) is 2.57. The molecular formula is C18H24N2O2. The zero-order chi connectivity index (χ0) is 15.4. The van der Waals surface area contributed by atoms with E-state index >= 15 is 0 Å². The normalized spacial score (nSPS) is 29.4. The molecule has 0 bridgehead atoms. The first-order valence-corrected chi connectivity index (χ1v) is 8.16. The lowest BCUT2D eigenvalue weighted by atomic mass is 9.93. The Kier molecular flexibility index (Phi) is 5.09. The summed E-state index contributed by atoms with van der Waals surface area (Å²) in [6.45, 7) is 3.30. The van der Waals surface area contributed by atoms with Gasteiger partial charge >= 0.3 is 0 Å². The summed E-state index contributed by atoms with van der Waals surface area (Å²) in [6.07, 6.45) is 3.95. The molecule has 2 fully saturated rings. The van der Waals surface area contributed by atoms with Crippen molar-refractivity contribution < 1.29 is 9.47 Å². The summed E-state index contributed by atoms with van der Waals surface area (Å²) < 4.78 is 11.4. The summed E-state index contributed by atoms with van der Waals surface area (Å²) in [5.41, 5.74) is 1.89. The first-order valence-electron chi connectivity index (χ1n) is 8.16. The molecule has 3 atom stereocenters. The van der Waals surface area contributed by atoms with Crippen molar-refractivity contribution in [3.63, 3.8) is 0 Å². The molecule has 1 aromatic rings. The Morgan fingerprint density at radius 1 is 1.36 bits per heavy atom. The van der Waals surface area contributed by atoms with Crippen LogP contribution in [0.1, 0.15) is 30.4 Å². The summed E-state index contributed by atoms with van der Waals surface area (Å²) in [4.78, 5) is 2.49. The van der Waals surface area contributed by atoms with E-state index in [-0.39, 0.29) is 0 Å². The molecule has 0 radical (unpaired) electrons. The van der Waals surface area contributed by atoms with Crippen LogP contribution in [0.2, 0.25) is 0 Å². The Labute approximate surface area is 132 Å². The fourth-order valence-corrected chi connectivity index (χ4v) is 3.92. The monoisotopic (exact) mass is 300 g/mol. The molecular weight excluding hydrogens is 276 g/mol. The standard InChI is InChI=1S/C18H24N2O2/c1-21-18-8-4-7-16(18)17-13-22-10-9-20(17)12-15-6-3-2-5-14(15)11-19/h2-3,5-6,16-18H,4,7-10,12-13H2,1H3/t16-,17+,18+/m0/s1. The van der Waals surface area contributed by atoms with E-state index in [1.807, 2.05) is 25.3 Å². The number of benzene rings is 1. The van der Waals surface area contributed by atoms with Crippen molar-refractivity contribution >= 4 is 0 Å². The number of nitrogens with zero attached hydrogens (tertiary/aromatic N) is 2. The molecule has 4 nitrogen and oxygen atoms in total. The number of methoxy groups -OCH3 is 1. The maximum atomic E-state index is 9.29. The highest BCUT2D eigenvalue weighted by Gasteiger charge is 2.38. The van der Waals surface area contributed by atoms with E-state index in [1.165, 1.54) is 12.8 Å². The van der Waals surface area contributed by atoms with Gasteiger partial charge in [-0.2, -0.15) is 5.26 Å². The average Bonchev–Trinajstić information content (AvgIpc) is 3.04. The number of hydrogen-bond acceptors (Lipinski definition) is 4. The minimum atomic E-state index is 0.348. The molecule has 3 rings (SSSR count). The Morgan fingerprint density at radius 2 is 2.23 bits per heavy atom. The molecule has 1 aliphatic heterocycles. The van der Waals surface area contributed by atoms with Gasteiger partial charge in [0.05, 0.1) is 31.0 Å². The molecule has 118 valence electrons. The second kappa shape index (κ2) is 7.23. The smallest absolute Gasteiger partial charge is 0.0995 e. The van der Waals surface area contributed by atoms with Gasteiger partial charge in [-0.05, 0) is 24.5 Å². The van der Waals surface area contributed by atoms with Crippen molar-refractivity contribution in [2.45, 2.75) is 38.0 Å². The molecule has 1 heterocycles. The van der Waals surface area contributed by atoms with Gasteiger partial charge in [0.15, 0.2) is 0 Å². The quantitative estimate of drug-likeness (QED) is 0.857. The summed E-state index contributed by atoms with van der Waals surface area (Å²) in [6, 6.07) is 10.6. The van der Waals surface area contributed by atoms with Crippen molar-refractivity contribution in [1.82, 2.24) is 4.90 Å². The molecule has 0 unspecified atom stereocenters. The molecule has 0 N–H and O–H groups in total. The van der Waals surface area contributed by atoms with Crippen LogP contribution in [0.25, 0.3) is 0 Å². The fourth-order valence-electron chi connectivity index (χ4n) is 3.92. The SMILES string of the molecule is CO[C@@H]1CCC[C@H]1[C@H]1COCCN1Cc1ccccc1C#N. The Balaban J connectivity index is 1.77. The molecule has 4 heteroatoms. The average molecular weight is 300 g/mol. The molecule has 0 amide bonds. The highest BCUT2D eigenvalue weighted by molar-refractivity contribution is 5.37. The minimum Gasteiger partial charge on any atom is -0.381 e. The van der Waals surface area contributed by atoms with Gasteiger partial charge in [0.1, 0.15) is 0 Å². The first-order chi connectivity index (χ1) is 10.8. The number of ether oxygens (including phenoxy) is 2. The minimum absolute atomic E-state index is 0.348. The third kappa shape index (κ3) is 3.17. The lowest BCUT2D eigenvalue weighted by Gasteiger charge is -2.40. The van der Waals surface area contributed by atoms with Crippen LogP contribution in [0.3, 0.4) is 0 Å². The maximum Gasteiger partial charge on any atom is 0.0995 e. The van der Waals surface area contributed by atoms with E-state index in [4.69, 9.17) is 9.47 Å². The lowest BCUT2D eigenvalue weighted by Crippen LogP contribution is -2.50. The van der Waals surface area contributed by atoms with Crippen LogP contribution in [-0.4, -0.2) is 43.9 Å². The van der Waals surface area contributed by atoms with E-state index in [9.17, 15) is 5.26 Å². The van der Waals surface area contributed by atoms with Gasteiger partial charge in [-0.1, -0.05) is 24.6 Å². The highest BCUT2D eigenvalue weighted by atomic mass is 16.5. The second-order valence-electron chi connectivity index (χ2n) is 6.25. The van der Waals surface area contributed by atoms with Crippen LogP contribution in [0.4, 0.5) is 0 Å². The largest absolute Gasteiger partial charge is 0.381 e. The highest BCUT2D eigenvalue weighted by Crippen LogP contribution is 2.34. The number of morpholine rings is 1. The van der Waals surface area contributed by atoms with Crippen LogP contribution >= 0.6 is 0 Å². The van der Waals surface area contributed by atoms with E-state index in [2.05, 4.69) is 17.0 Å². The Morgan fingerprint density at radius 3 is 3.05 bits per heavy atom. The van der Waals surface area contributed by atoms with E-state index in [0.29, 0.717) is 18.1 Å². The second-order valence-corrected chi connectivity index (χ2v) is 6.25. The molecule has 22 heavy (non-hydrogen) atoms. The molecule has 0 aromatic heterocycles. The third-order valence-corrected chi connectivity index (χ3v) is 5.09. The van der Waals surface area contributed by atoms with Crippen LogP contribution in [-0.2, 0) is 16.0 Å². The lowest BCUT2D eigenvalue weighted by molar-refractivity contribution is -0.0608. The van der Waals surface area contributed by atoms with Crippen molar-refractivity contribution in [2.24, 2.45) is 5.92 Å². The first kappa shape index (κ1) is 15.5. The summed E-state index contributed by atoms with van der Waals surface area (Å²) in [7, 11) is 1.82. The van der Waals surface area contributed by atoms with Crippen molar-refractivity contribution in [3.05, 3.63) is 35.4 Å². The van der Waals surface area contributed by atoms with Crippen LogP contribution in [0.15, 0.2) is 24.3 Å². The summed E-state index contributed by atoms with van der Waals surface area (Å²) >= 11 is 0. The van der Waals surface area contributed by atoms with E-state index in [0.717, 1.165) is 43.9 Å². The van der Waals surface area contributed by atoms with Crippen molar-refractivity contribution in [2.75, 3.05) is 26.9 Å². The number of nitriles is 1. The van der Waals surface area contributed by atoms with Gasteiger partial charge in [0, 0.05) is 32.2 Å². The van der Waals surface area contributed by atoms with Gasteiger partial charge in [0.25, 0.3) is 0 Å². The van der Waals surface area contributed by atoms with Gasteiger partial charge in [-0.15, -0.1) is 0 Å². The number of rotatable bonds is 4. The number of hydrogen-bond donors (Lipinski definition) is 0. The van der Waals surface area contributed by atoms with Crippen molar-refractivity contribution in [3.8, 4) is 6.07 Å². The van der Waals surface area contributed by atoms with Gasteiger partial charge < -0.3 is 9.47 Å². The van der Waals surface area contributed by atoms with Gasteiger partial charge in [-0.3, -0.25) is 4.90 Å². The predicted molar refractivity (Wildman–Crippen MR) is 84.3 cm³/mol. The Bertz CT molecular complexity index is 540. The van der Waals surface area contributed by atoms with Crippen LogP contribution in [0, 0.1) is 17.2 Å². The molecule has 2 aliphatic rings. The molecule has 0 spiro atoms. The van der Waals surface area contributed by atoms with Crippen LogP contribution in [0.5, 0.6) is 0 Å². The van der Waals surface area contributed by atoms with Crippen LogP contribution < -0.4 is 0 Å². The topological polar surface area (TPSA) is 45.5 Å². The Hall–Kier alpha value is -1.41. The third-order valence-electron chi connectivity index (χ3n) is 5.09. The fraction of sp³-hybridized carbons (Fsp3) is 0.611. The van der Waals surface area contributed by atoms with Crippen molar-refractivity contribution in [1.29, 1.82) is 5.26 Å². The zero-order valence-corrected chi connectivity index (χ0v) is 13.2. The van der Waals surface area contributed by atoms with Gasteiger partial charge in [-0.25, -0.2) is 0 Å². The zero-order valence-electron chi connectivity index (χ0n) is 13.2. The molecule has 1 aliphatic carbocycles. The van der Waals surface area contributed by atoms with E-state index < -0.39 is 0 Å². The maximum absolute atomic E-state index is 9.29. The molecule has 1 saturated carbocycles. The molecule has 1 saturated heterocycles.